The predicted octanol–water partition coefficient (Wildman–Crippen LogP) is 2.81. The zero-order valence-corrected chi connectivity index (χ0v) is 16.9. The Morgan fingerprint density at radius 3 is 2.17 bits per heavy atom. The molecule has 2 aromatic carbocycles. The van der Waals surface area contributed by atoms with Gasteiger partial charge in [-0.2, -0.15) is 0 Å². The Morgan fingerprint density at radius 1 is 0.931 bits per heavy atom. The Hall–Kier alpha value is -3.22. The molecule has 0 aliphatic rings. The van der Waals surface area contributed by atoms with Crippen LogP contribution in [-0.4, -0.2) is 34.8 Å². The van der Waals surface area contributed by atoms with Gasteiger partial charge in [-0.1, -0.05) is 19.1 Å². The van der Waals surface area contributed by atoms with Crippen LogP contribution >= 0.6 is 0 Å². The van der Waals surface area contributed by atoms with Crippen molar-refractivity contribution < 1.29 is 14.3 Å². The lowest BCUT2D eigenvalue weighted by Crippen LogP contribution is -2.35. The van der Waals surface area contributed by atoms with Crippen molar-refractivity contribution in [1.29, 1.82) is 0 Å². The molecule has 1 heterocycles. The second-order valence-corrected chi connectivity index (χ2v) is 6.61. The van der Waals surface area contributed by atoms with E-state index in [-0.39, 0.29) is 18.1 Å². The van der Waals surface area contributed by atoms with E-state index in [1.807, 2.05) is 62.4 Å². The molecule has 0 atom stereocenters. The number of hydrogen-bond donors (Lipinski definition) is 1. The number of benzene rings is 2. The zero-order valence-electron chi connectivity index (χ0n) is 16.9. The van der Waals surface area contributed by atoms with Crippen LogP contribution in [-0.2, 0) is 17.9 Å². The minimum atomic E-state index is -0.221. The Labute approximate surface area is 169 Å². The van der Waals surface area contributed by atoms with Crippen molar-refractivity contribution in [3.05, 3.63) is 59.0 Å². The second kappa shape index (κ2) is 9.82. The van der Waals surface area contributed by atoms with Gasteiger partial charge in [-0.05, 0) is 49.7 Å². The number of para-hydroxylation sites is 2. The first-order valence-electron chi connectivity index (χ1n) is 9.94. The summed E-state index contributed by atoms with van der Waals surface area (Å²) < 4.78 is 14.3. The normalized spacial score (nSPS) is 10.8. The summed E-state index contributed by atoms with van der Waals surface area (Å²) in [7, 11) is 0. The van der Waals surface area contributed by atoms with E-state index in [1.54, 1.807) is 4.57 Å². The fourth-order valence-electron chi connectivity index (χ4n) is 3.22. The highest BCUT2D eigenvalue weighted by atomic mass is 16.5. The third-order valence-corrected chi connectivity index (χ3v) is 4.50. The van der Waals surface area contributed by atoms with Gasteiger partial charge in [0.25, 0.3) is 0 Å². The highest BCUT2D eigenvalue weighted by molar-refractivity contribution is 5.80. The molecule has 0 radical (unpaired) electrons. The fourth-order valence-corrected chi connectivity index (χ4v) is 3.22. The molecule has 0 saturated carbocycles. The third-order valence-electron chi connectivity index (χ3n) is 4.50. The summed E-state index contributed by atoms with van der Waals surface area (Å²) >= 11 is 0. The number of aryl methyl sites for hydroxylation is 1. The molecule has 3 aromatic rings. The van der Waals surface area contributed by atoms with Crippen LogP contribution in [0.15, 0.2) is 53.3 Å². The van der Waals surface area contributed by atoms with Gasteiger partial charge < -0.3 is 14.8 Å². The highest BCUT2D eigenvalue weighted by Crippen LogP contribution is 2.17. The summed E-state index contributed by atoms with van der Waals surface area (Å²) in [6, 6.07) is 14.9. The fraction of sp³-hybridized carbons (Fsp3) is 0.364. The van der Waals surface area contributed by atoms with Crippen molar-refractivity contribution >= 4 is 16.9 Å². The predicted molar refractivity (Wildman–Crippen MR) is 113 cm³/mol. The molecular weight excluding hydrogens is 370 g/mol. The molecule has 0 aliphatic heterocycles. The van der Waals surface area contributed by atoms with Gasteiger partial charge >= 0.3 is 5.69 Å². The van der Waals surface area contributed by atoms with E-state index in [2.05, 4.69) is 5.32 Å². The topological polar surface area (TPSA) is 74.5 Å². The minimum Gasteiger partial charge on any atom is -0.494 e. The molecule has 0 bridgehead atoms. The lowest BCUT2D eigenvalue weighted by molar-refractivity contribution is -0.121. The molecule has 0 aliphatic carbocycles. The average molecular weight is 397 g/mol. The number of carbonyl (C=O) groups is 1. The number of nitrogens with zero attached hydrogens (tertiary/aromatic N) is 2. The maximum Gasteiger partial charge on any atom is 0.329 e. The minimum absolute atomic E-state index is 0.0148. The van der Waals surface area contributed by atoms with E-state index < -0.39 is 0 Å². The maximum absolute atomic E-state index is 12.7. The van der Waals surface area contributed by atoms with Gasteiger partial charge in [0.1, 0.15) is 24.7 Å². The van der Waals surface area contributed by atoms with Gasteiger partial charge in [0.05, 0.1) is 24.2 Å². The van der Waals surface area contributed by atoms with Gasteiger partial charge in [-0.15, -0.1) is 0 Å². The maximum atomic E-state index is 12.7. The van der Waals surface area contributed by atoms with Crippen molar-refractivity contribution in [2.75, 3.05) is 19.8 Å². The summed E-state index contributed by atoms with van der Waals surface area (Å²) in [6.45, 7) is 5.88. The Balaban J connectivity index is 1.55. The SMILES string of the molecule is CCCn1c(=O)n(CC(=O)NCCOc2ccc(OCC)cc2)c2ccccc21. The summed E-state index contributed by atoms with van der Waals surface area (Å²) in [5, 5.41) is 2.81. The molecule has 29 heavy (non-hydrogen) atoms. The Kier molecular flexibility index (Phi) is 6.94. The highest BCUT2D eigenvalue weighted by Gasteiger charge is 2.14. The van der Waals surface area contributed by atoms with E-state index in [1.165, 1.54) is 4.57 Å². The molecule has 0 spiro atoms. The number of nitrogens with one attached hydrogen (secondary N) is 1. The first kappa shape index (κ1) is 20.5. The second-order valence-electron chi connectivity index (χ2n) is 6.61. The summed E-state index contributed by atoms with van der Waals surface area (Å²) in [4.78, 5) is 25.1. The smallest absolute Gasteiger partial charge is 0.329 e. The monoisotopic (exact) mass is 397 g/mol. The van der Waals surface area contributed by atoms with Crippen molar-refractivity contribution in [3.63, 3.8) is 0 Å². The first-order valence-corrected chi connectivity index (χ1v) is 9.94. The van der Waals surface area contributed by atoms with Crippen LogP contribution < -0.4 is 20.5 Å². The summed E-state index contributed by atoms with van der Waals surface area (Å²) in [5.74, 6) is 1.28. The average Bonchev–Trinajstić information content (AvgIpc) is 2.99. The van der Waals surface area contributed by atoms with E-state index in [0.717, 1.165) is 23.2 Å². The molecule has 0 saturated heterocycles. The molecule has 0 fully saturated rings. The van der Waals surface area contributed by atoms with Crippen LogP contribution in [0.3, 0.4) is 0 Å². The number of hydrogen-bond acceptors (Lipinski definition) is 4. The molecule has 0 unspecified atom stereocenters. The molecular formula is C22H27N3O4. The number of amides is 1. The van der Waals surface area contributed by atoms with Gasteiger partial charge in [-0.25, -0.2) is 4.79 Å². The molecule has 7 nitrogen and oxygen atoms in total. The lowest BCUT2D eigenvalue weighted by atomic mass is 10.3. The van der Waals surface area contributed by atoms with Crippen molar-refractivity contribution in [3.8, 4) is 11.5 Å². The third kappa shape index (κ3) is 4.99. The lowest BCUT2D eigenvalue weighted by Gasteiger charge is -2.09. The van der Waals surface area contributed by atoms with Crippen molar-refractivity contribution in [1.82, 2.24) is 14.5 Å². The standard InChI is InChI=1S/C22H27N3O4/c1-3-14-24-19-7-5-6-8-20(19)25(22(24)27)16-21(26)23-13-15-29-18-11-9-17(10-12-18)28-4-2/h5-12H,3-4,13-16H2,1-2H3,(H,23,26). The van der Waals surface area contributed by atoms with E-state index in [4.69, 9.17) is 9.47 Å². The summed E-state index contributed by atoms with van der Waals surface area (Å²) in [5.41, 5.74) is 1.46. The molecule has 1 amide bonds. The van der Waals surface area contributed by atoms with Gasteiger partial charge in [0, 0.05) is 6.54 Å². The molecule has 154 valence electrons. The van der Waals surface area contributed by atoms with E-state index in [0.29, 0.717) is 32.1 Å². The number of carbonyl (C=O) groups excluding carboxylic acids is 1. The van der Waals surface area contributed by atoms with Crippen molar-refractivity contribution in [2.45, 2.75) is 33.4 Å². The molecule has 1 N–H and O–H groups in total. The largest absolute Gasteiger partial charge is 0.494 e. The van der Waals surface area contributed by atoms with Crippen LogP contribution in [0.4, 0.5) is 0 Å². The van der Waals surface area contributed by atoms with Crippen LogP contribution in [0.1, 0.15) is 20.3 Å². The summed E-state index contributed by atoms with van der Waals surface area (Å²) in [6.07, 6.45) is 0.850. The van der Waals surface area contributed by atoms with Gasteiger partial charge in [0.15, 0.2) is 0 Å². The van der Waals surface area contributed by atoms with Crippen LogP contribution in [0, 0.1) is 0 Å². The zero-order chi connectivity index (χ0) is 20.6. The first-order chi connectivity index (χ1) is 14.1. The van der Waals surface area contributed by atoms with E-state index >= 15 is 0 Å². The van der Waals surface area contributed by atoms with E-state index in [9.17, 15) is 9.59 Å². The molecule has 1 aromatic heterocycles. The number of imidazole rings is 1. The van der Waals surface area contributed by atoms with Gasteiger partial charge in [0.2, 0.25) is 5.91 Å². The van der Waals surface area contributed by atoms with Gasteiger partial charge in [-0.3, -0.25) is 13.9 Å². The van der Waals surface area contributed by atoms with Crippen molar-refractivity contribution in [2.24, 2.45) is 0 Å². The number of rotatable bonds is 10. The number of fused-ring (bicyclic) bond motifs is 1. The molecule has 3 rings (SSSR count). The Bertz CT molecular complexity index is 1010. The quantitative estimate of drug-likeness (QED) is 0.534. The number of aromatic nitrogens is 2. The van der Waals surface area contributed by atoms with Crippen LogP contribution in [0.2, 0.25) is 0 Å². The van der Waals surface area contributed by atoms with Crippen LogP contribution in [0.5, 0.6) is 11.5 Å². The Morgan fingerprint density at radius 2 is 1.55 bits per heavy atom. The molecule has 7 heteroatoms. The van der Waals surface area contributed by atoms with Crippen LogP contribution in [0.25, 0.3) is 11.0 Å². The number of ether oxygens (including phenoxy) is 2.